The van der Waals surface area contributed by atoms with Crippen molar-refractivity contribution in [2.24, 2.45) is 0 Å². The summed E-state index contributed by atoms with van der Waals surface area (Å²) >= 11 is 0. The molecule has 0 aromatic heterocycles. The van der Waals surface area contributed by atoms with Gasteiger partial charge in [0.15, 0.2) is 0 Å². The van der Waals surface area contributed by atoms with Gasteiger partial charge in [-0.1, -0.05) is 48.5 Å². The predicted octanol–water partition coefficient (Wildman–Crippen LogP) is 3.51. The number of amides is 1. The standard InChI is InChI=1S/C26H31N3O4S/c1-2-33-24-14-13-21-9-6-7-12-23(21)25(24)26(30)27-15-8-20-34(31,32)29-18-16-28(17-19-29)22-10-4-3-5-11-22/h3-7,9-14H,2,8,15-20H2,1H3,(H,27,30). The summed E-state index contributed by atoms with van der Waals surface area (Å²) in [6.45, 7) is 4.88. The highest BCUT2D eigenvalue weighted by molar-refractivity contribution is 7.89. The second-order valence-electron chi connectivity index (χ2n) is 8.24. The molecule has 1 heterocycles. The molecule has 1 N–H and O–H groups in total. The molecule has 0 atom stereocenters. The van der Waals surface area contributed by atoms with Gasteiger partial charge in [-0.05, 0) is 42.3 Å². The first-order chi connectivity index (χ1) is 16.5. The van der Waals surface area contributed by atoms with Gasteiger partial charge in [-0.2, -0.15) is 4.31 Å². The Morgan fingerprint density at radius 1 is 0.941 bits per heavy atom. The van der Waals surface area contributed by atoms with Crippen molar-refractivity contribution < 1.29 is 17.9 Å². The number of rotatable bonds is 9. The summed E-state index contributed by atoms with van der Waals surface area (Å²) in [7, 11) is -3.37. The molecule has 180 valence electrons. The molecule has 7 nitrogen and oxygen atoms in total. The second kappa shape index (κ2) is 10.9. The summed E-state index contributed by atoms with van der Waals surface area (Å²) in [5.74, 6) is 0.281. The van der Waals surface area contributed by atoms with E-state index in [1.165, 1.54) is 0 Å². The first-order valence-electron chi connectivity index (χ1n) is 11.7. The molecule has 1 aliphatic rings. The molecule has 0 unspecified atom stereocenters. The highest BCUT2D eigenvalue weighted by Crippen LogP contribution is 2.28. The zero-order valence-electron chi connectivity index (χ0n) is 19.4. The van der Waals surface area contributed by atoms with Gasteiger partial charge in [-0.3, -0.25) is 4.79 Å². The van der Waals surface area contributed by atoms with Crippen LogP contribution in [0.15, 0.2) is 66.7 Å². The van der Waals surface area contributed by atoms with Gasteiger partial charge in [0.25, 0.3) is 5.91 Å². The summed E-state index contributed by atoms with van der Waals surface area (Å²) in [5, 5.41) is 4.65. The van der Waals surface area contributed by atoms with E-state index in [0.717, 1.165) is 16.5 Å². The fourth-order valence-corrected chi connectivity index (χ4v) is 5.79. The Morgan fingerprint density at radius 3 is 2.38 bits per heavy atom. The van der Waals surface area contributed by atoms with E-state index in [9.17, 15) is 13.2 Å². The number of piperazine rings is 1. The number of para-hydroxylation sites is 1. The van der Waals surface area contributed by atoms with E-state index in [2.05, 4.69) is 10.2 Å². The summed E-state index contributed by atoms with van der Waals surface area (Å²) in [6.07, 6.45) is 0.349. The molecule has 8 heteroatoms. The first kappa shape index (κ1) is 24.0. The molecule has 34 heavy (non-hydrogen) atoms. The molecule has 0 spiro atoms. The van der Waals surface area contributed by atoms with Crippen LogP contribution in [0.5, 0.6) is 5.75 Å². The number of fused-ring (bicyclic) bond motifs is 1. The average molecular weight is 482 g/mol. The van der Waals surface area contributed by atoms with E-state index in [1.807, 2.05) is 67.6 Å². The third kappa shape index (κ3) is 5.51. The lowest BCUT2D eigenvalue weighted by molar-refractivity contribution is 0.0951. The van der Waals surface area contributed by atoms with E-state index in [0.29, 0.717) is 50.5 Å². The number of anilines is 1. The maximum absolute atomic E-state index is 13.0. The van der Waals surface area contributed by atoms with Gasteiger partial charge in [-0.15, -0.1) is 0 Å². The van der Waals surface area contributed by atoms with Crippen LogP contribution in [0.4, 0.5) is 5.69 Å². The van der Waals surface area contributed by atoms with E-state index < -0.39 is 10.0 Å². The van der Waals surface area contributed by atoms with Crippen LogP contribution in [0, 0.1) is 0 Å². The van der Waals surface area contributed by atoms with Gasteiger partial charge < -0.3 is 15.0 Å². The second-order valence-corrected chi connectivity index (χ2v) is 10.3. The number of carbonyl (C=O) groups is 1. The lowest BCUT2D eigenvalue weighted by atomic mass is 10.0. The maximum atomic E-state index is 13.0. The Morgan fingerprint density at radius 2 is 1.65 bits per heavy atom. The SMILES string of the molecule is CCOc1ccc2ccccc2c1C(=O)NCCCS(=O)(=O)N1CCN(c2ccccc2)CC1. The quantitative estimate of drug-likeness (QED) is 0.473. The number of benzene rings is 3. The zero-order chi connectivity index (χ0) is 24.0. The number of carbonyl (C=O) groups excluding carboxylic acids is 1. The number of nitrogens with one attached hydrogen (secondary N) is 1. The minimum absolute atomic E-state index is 0.00642. The molecule has 1 saturated heterocycles. The molecule has 4 rings (SSSR count). The molecule has 1 amide bonds. The molecule has 0 bridgehead atoms. The zero-order valence-corrected chi connectivity index (χ0v) is 20.3. The van der Waals surface area contributed by atoms with Crippen LogP contribution in [0.1, 0.15) is 23.7 Å². The van der Waals surface area contributed by atoms with Crippen LogP contribution in [-0.2, 0) is 10.0 Å². The number of hydrogen-bond donors (Lipinski definition) is 1. The monoisotopic (exact) mass is 481 g/mol. The van der Waals surface area contributed by atoms with Crippen molar-refractivity contribution >= 4 is 32.4 Å². The summed E-state index contributed by atoms with van der Waals surface area (Å²) in [4.78, 5) is 15.2. The Bertz CT molecular complexity index is 1220. The van der Waals surface area contributed by atoms with E-state index >= 15 is 0 Å². The number of ether oxygens (including phenoxy) is 1. The Kier molecular flexibility index (Phi) is 7.70. The molecule has 3 aromatic carbocycles. The number of nitrogens with zero attached hydrogens (tertiary/aromatic N) is 2. The van der Waals surface area contributed by atoms with Crippen molar-refractivity contribution in [2.45, 2.75) is 13.3 Å². The van der Waals surface area contributed by atoms with Crippen LogP contribution in [0.2, 0.25) is 0 Å². The molecule has 0 aliphatic carbocycles. The molecule has 3 aromatic rings. The predicted molar refractivity (Wildman–Crippen MR) is 136 cm³/mol. The van der Waals surface area contributed by atoms with Gasteiger partial charge in [0.05, 0.1) is 17.9 Å². The lowest BCUT2D eigenvalue weighted by Gasteiger charge is -2.35. The smallest absolute Gasteiger partial charge is 0.255 e. The fraction of sp³-hybridized carbons (Fsp3) is 0.346. The first-order valence-corrected chi connectivity index (χ1v) is 13.3. The molecular formula is C26H31N3O4S. The van der Waals surface area contributed by atoms with Gasteiger partial charge >= 0.3 is 0 Å². The van der Waals surface area contributed by atoms with Crippen molar-refractivity contribution in [3.8, 4) is 5.75 Å². The summed E-state index contributed by atoms with van der Waals surface area (Å²) in [5.41, 5.74) is 1.60. The van der Waals surface area contributed by atoms with E-state index in [-0.39, 0.29) is 18.2 Å². The molecule has 1 fully saturated rings. The van der Waals surface area contributed by atoms with Gasteiger partial charge in [0, 0.05) is 38.4 Å². The van der Waals surface area contributed by atoms with E-state index in [1.54, 1.807) is 10.4 Å². The minimum Gasteiger partial charge on any atom is -0.493 e. The number of hydrogen-bond acceptors (Lipinski definition) is 5. The number of sulfonamides is 1. The van der Waals surface area contributed by atoms with Gasteiger partial charge in [-0.25, -0.2) is 8.42 Å². The van der Waals surface area contributed by atoms with Crippen molar-refractivity contribution in [3.63, 3.8) is 0 Å². The third-order valence-corrected chi connectivity index (χ3v) is 7.99. The van der Waals surface area contributed by atoms with Crippen molar-refractivity contribution in [1.29, 1.82) is 0 Å². The summed E-state index contributed by atoms with van der Waals surface area (Å²) < 4.78 is 32.9. The molecular weight excluding hydrogens is 450 g/mol. The summed E-state index contributed by atoms with van der Waals surface area (Å²) in [6, 6.07) is 21.4. The van der Waals surface area contributed by atoms with Crippen LogP contribution in [0.3, 0.4) is 0 Å². The minimum atomic E-state index is -3.37. The Hall–Kier alpha value is -3.10. The molecule has 0 saturated carbocycles. The van der Waals surface area contributed by atoms with Crippen molar-refractivity contribution in [3.05, 3.63) is 72.3 Å². The maximum Gasteiger partial charge on any atom is 0.255 e. The lowest BCUT2D eigenvalue weighted by Crippen LogP contribution is -2.49. The largest absolute Gasteiger partial charge is 0.493 e. The van der Waals surface area contributed by atoms with E-state index in [4.69, 9.17) is 4.74 Å². The van der Waals surface area contributed by atoms with Crippen LogP contribution in [-0.4, -0.2) is 63.7 Å². The average Bonchev–Trinajstić information content (AvgIpc) is 2.87. The van der Waals surface area contributed by atoms with Crippen LogP contribution in [0.25, 0.3) is 10.8 Å². The van der Waals surface area contributed by atoms with Gasteiger partial charge in [0.2, 0.25) is 10.0 Å². The highest BCUT2D eigenvalue weighted by Gasteiger charge is 2.26. The van der Waals surface area contributed by atoms with Crippen LogP contribution < -0.4 is 15.0 Å². The third-order valence-electron chi connectivity index (χ3n) is 6.04. The topological polar surface area (TPSA) is 78.9 Å². The van der Waals surface area contributed by atoms with Gasteiger partial charge in [0.1, 0.15) is 5.75 Å². The normalized spacial score (nSPS) is 14.8. The molecule has 1 aliphatic heterocycles. The fourth-order valence-electron chi connectivity index (χ4n) is 4.30. The highest BCUT2D eigenvalue weighted by atomic mass is 32.2. The van der Waals surface area contributed by atoms with Crippen molar-refractivity contribution in [1.82, 2.24) is 9.62 Å². The Labute approximate surface area is 201 Å². The van der Waals surface area contributed by atoms with Crippen molar-refractivity contribution in [2.75, 3.05) is 50.0 Å². The van der Waals surface area contributed by atoms with Crippen LogP contribution >= 0.6 is 0 Å². The Balaban J connectivity index is 1.31. The molecule has 0 radical (unpaired) electrons.